The Balaban J connectivity index is 2.93. The van der Waals surface area contributed by atoms with Gasteiger partial charge in [0.2, 0.25) is 0 Å². The normalized spacial score (nSPS) is 9.92. The van der Waals surface area contributed by atoms with Crippen molar-refractivity contribution in [1.29, 1.82) is 0 Å². The molecule has 0 saturated carbocycles. The molecule has 0 atom stereocenters. The molecule has 0 spiro atoms. The number of hydrogen-bond donors (Lipinski definition) is 0. The lowest BCUT2D eigenvalue weighted by atomic mass is 10.3. The lowest BCUT2D eigenvalue weighted by Crippen LogP contribution is -2.11. The fraction of sp³-hybridized carbons (Fsp3) is 0.571. The summed E-state index contributed by atoms with van der Waals surface area (Å²) in [5.41, 5.74) is 1.01. The van der Waals surface area contributed by atoms with Gasteiger partial charge in [-0.3, -0.25) is 0 Å². The summed E-state index contributed by atoms with van der Waals surface area (Å²) in [6.07, 6.45) is 0. The van der Waals surface area contributed by atoms with Gasteiger partial charge in [0.1, 0.15) is 0 Å². The largest absolute Gasteiger partial charge is 0.461 e. The lowest BCUT2D eigenvalue weighted by molar-refractivity contribution is 0.0513. The van der Waals surface area contributed by atoms with Crippen molar-refractivity contribution in [3.05, 3.63) is 11.4 Å². The summed E-state index contributed by atoms with van der Waals surface area (Å²) in [7, 11) is 1.66. The van der Waals surface area contributed by atoms with Crippen molar-refractivity contribution in [2.45, 2.75) is 13.8 Å². The van der Waals surface area contributed by atoms with Gasteiger partial charge >= 0.3 is 5.97 Å². The predicted octanol–water partition coefficient (Wildman–Crippen LogP) is 0.300. The highest BCUT2D eigenvalue weighted by atomic mass is 16.5. The minimum Gasteiger partial charge on any atom is -0.461 e. The molecule has 0 aromatic carbocycles. The van der Waals surface area contributed by atoms with E-state index in [1.54, 1.807) is 20.9 Å². The summed E-state index contributed by atoms with van der Waals surface area (Å²) in [5.74, 6) is -0.373. The van der Waals surface area contributed by atoms with E-state index in [4.69, 9.17) is 4.74 Å². The van der Waals surface area contributed by atoms with E-state index in [0.29, 0.717) is 18.0 Å². The van der Waals surface area contributed by atoms with Crippen LogP contribution in [0.2, 0.25) is 0 Å². The number of carbonyl (C=O) groups is 1. The Morgan fingerprint density at radius 3 is 2.75 bits per heavy atom. The molecule has 0 fully saturated rings. The Hall–Kier alpha value is -1.39. The highest BCUT2D eigenvalue weighted by molar-refractivity contribution is 5.88. The van der Waals surface area contributed by atoms with Crippen LogP contribution in [0.25, 0.3) is 0 Å². The second-order valence-corrected chi connectivity index (χ2v) is 2.37. The molecular weight excluding hydrogens is 158 g/mol. The third-order valence-corrected chi connectivity index (χ3v) is 1.46. The van der Waals surface area contributed by atoms with E-state index in [1.165, 1.54) is 4.68 Å². The van der Waals surface area contributed by atoms with E-state index in [9.17, 15) is 4.79 Å². The van der Waals surface area contributed by atoms with Crippen LogP contribution in [0.5, 0.6) is 0 Å². The number of hydrogen-bond acceptors (Lipinski definition) is 4. The molecule has 0 saturated heterocycles. The van der Waals surface area contributed by atoms with E-state index in [-0.39, 0.29) is 5.97 Å². The maximum absolute atomic E-state index is 11.2. The Bertz CT molecular complexity index is 273. The van der Waals surface area contributed by atoms with Gasteiger partial charge in [-0.2, -0.15) is 0 Å². The van der Waals surface area contributed by atoms with Gasteiger partial charge in [0.05, 0.1) is 12.3 Å². The fourth-order valence-electron chi connectivity index (χ4n) is 0.940. The molecule has 0 aliphatic carbocycles. The molecule has 12 heavy (non-hydrogen) atoms. The molecule has 0 radical (unpaired) electrons. The quantitative estimate of drug-likeness (QED) is 0.597. The molecule has 0 bridgehead atoms. The van der Waals surface area contributed by atoms with E-state index < -0.39 is 0 Å². The minimum atomic E-state index is -0.373. The molecule has 1 aromatic rings. The zero-order valence-corrected chi connectivity index (χ0v) is 7.37. The molecule has 1 rings (SSSR count). The number of ether oxygens (including phenoxy) is 1. The van der Waals surface area contributed by atoms with Crippen molar-refractivity contribution in [1.82, 2.24) is 15.0 Å². The topological polar surface area (TPSA) is 57.0 Å². The van der Waals surface area contributed by atoms with Crippen molar-refractivity contribution in [3.8, 4) is 0 Å². The molecule has 5 heteroatoms. The summed E-state index contributed by atoms with van der Waals surface area (Å²) >= 11 is 0. The Morgan fingerprint density at radius 1 is 1.67 bits per heavy atom. The minimum absolute atomic E-state index is 0.365. The molecule has 66 valence electrons. The van der Waals surface area contributed by atoms with Gasteiger partial charge in [0, 0.05) is 7.05 Å². The van der Waals surface area contributed by atoms with Crippen LogP contribution in [0.1, 0.15) is 23.1 Å². The molecule has 0 amide bonds. The average molecular weight is 169 g/mol. The van der Waals surface area contributed by atoms with Crippen molar-refractivity contribution in [2.75, 3.05) is 6.61 Å². The van der Waals surface area contributed by atoms with Crippen LogP contribution >= 0.6 is 0 Å². The van der Waals surface area contributed by atoms with Gasteiger partial charge in [-0.15, -0.1) is 5.10 Å². The first-order valence-corrected chi connectivity index (χ1v) is 3.70. The number of esters is 1. The lowest BCUT2D eigenvalue weighted by Gasteiger charge is -2.00. The third kappa shape index (κ3) is 1.44. The van der Waals surface area contributed by atoms with Crippen LogP contribution in [0.4, 0.5) is 0 Å². The van der Waals surface area contributed by atoms with Gasteiger partial charge in [-0.1, -0.05) is 5.21 Å². The van der Waals surface area contributed by atoms with E-state index in [1.807, 2.05) is 0 Å². The maximum atomic E-state index is 11.2. The first-order chi connectivity index (χ1) is 5.66. The second kappa shape index (κ2) is 3.34. The first-order valence-electron chi connectivity index (χ1n) is 3.70. The van der Waals surface area contributed by atoms with Gasteiger partial charge in [-0.25, -0.2) is 9.48 Å². The number of aryl methyl sites for hydroxylation is 2. The summed E-state index contributed by atoms with van der Waals surface area (Å²) < 4.78 is 6.22. The van der Waals surface area contributed by atoms with Gasteiger partial charge in [0.15, 0.2) is 5.69 Å². The third-order valence-electron chi connectivity index (χ3n) is 1.46. The van der Waals surface area contributed by atoms with Crippen LogP contribution in [-0.4, -0.2) is 27.6 Å². The maximum Gasteiger partial charge on any atom is 0.358 e. The van der Waals surface area contributed by atoms with Gasteiger partial charge < -0.3 is 4.74 Å². The number of aromatic nitrogens is 3. The molecule has 0 unspecified atom stereocenters. The van der Waals surface area contributed by atoms with E-state index in [0.717, 1.165) is 0 Å². The summed E-state index contributed by atoms with van der Waals surface area (Å²) in [4.78, 5) is 11.2. The SMILES string of the molecule is CCOC(=O)c1c(C)nnn1C. The molecule has 0 aliphatic rings. The highest BCUT2D eigenvalue weighted by Gasteiger charge is 2.15. The highest BCUT2D eigenvalue weighted by Crippen LogP contribution is 2.03. The molecule has 1 aromatic heterocycles. The van der Waals surface area contributed by atoms with Crippen LogP contribution in [0, 0.1) is 6.92 Å². The monoisotopic (exact) mass is 169 g/mol. The first kappa shape index (κ1) is 8.70. The number of rotatable bonds is 2. The van der Waals surface area contributed by atoms with Gasteiger partial charge in [-0.05, 0) is 13.8 Å². The zero-order chi connectivity index (χ0) is 9.14. The van der Waals surface area contributed by atoms with Crippen LogP contribution < -0.4 is 0 Å². The van der Waals surface area contributed by atoms with E-state index >= 15 is 0 Å². The van der Waals surface area contributed by atoms with Gasteiger partial charge in [0.25, 0.3) is 0 Å². The molecule has 0 N–H and O–H groups in total. The Labute approximate surface area is 70.3 Å². The van der Waals surface area contributed by atoms with Crippen LogP contribution in [-0.2, 0) is 11.8 Å². The average Bonchev–Trinajstić information content (AvgIpc) is 2.32. The second-order valence-electron chi connectivity index (χ2n) is 2.37. The Morgan fingerprint density at radius 2 is 2.33 bits per heavy atom. The molecule has 0 aliphatic heterocycles. The van der Waals surface area contributed by atoms with Crippen molar-refractivity contribution in [2.24, 2.45) is 7.05 Å². The van der Waals surface area contributed by atoms with Crippen molar-refractivity contribution < 1.29 is 9.53 Å². The zero-order valence-electron chi connectivity index (χ0n) is 7.37. The molecular formula is C7H11N3O2. The predicted molar refractivity (Wildman–Crippen MR) is 41.7 cm³/mol. The number of carbonyl (C=O) groups excluding carboxylic acids is 1. The summed E-state index contributed by atoms with van der Waals surface area (Å²) in [6.45, 7) is 3.85. The molecule has 1 heterocycles. The molecule has 5 nitrogen and oxygen atoms in total. The van der Waals surface area contributed by atoms with Crippen molar-refractivity contribution in [3.63, 3.8) is 0 Å². The van der Waals surface area contributed by atoms with Crippen molar-refractivity contribution >= 4 is 5.97 Å². The Kier molecular flexibility index (Phi) is 2.42. The number of nitrogens with zero attached hydrogens (tertiary/aromatic N) is 3. The standard InChI is InChI=1S/C7H11N3O2/c1-4-12-7(11)6-5(2)8-9-10(6)3/h4H2,1-3H3. The van der Waals surface area contributed by atoms with Crippen LogP contribution in [0.3, 0.4) is 0 Å². The summed E-state index contributed by atoms with van der Waals surface area (Å²) in [6, 6.07) is 0. The fourth-order valence-corrected chi connectivity index (χ4v) is 0.940. The van der Waals surface area contributed by atoms with Crippen LogP contribution in [0.15, 0.2) is 0 Å². The summed E-state index contributed by atoms with van der Waals surface area (Å²) in [5, 5.41) is 7.42. The smallest absolute Gasteiger partial charge is 0.358 e. The van der Waals surface area contributed by atoms with E-state index in [2.05, 4.69) is 10.3 Å².